The van der Waals surface area contributed by atoms with Gasteiger partial charge in [-0.2, -0.15) is 0 Å². The number of nitrogens with one attached hydrogen (secondary N) is 1. The van der Waals surface area contributed by atoms with Crippen molar-refractivity contribution in [2.45, 2.75) is 20.0 Å². The Kier molecular flexibility index (Phi) is 5.50. The van der Waals surface area contributed by atoms with E-state index in [0.29, 0.717) is 10.8 Å². The molecule has 0 saturated heterocycles. The van der Waals surface area contributed by atoms with E-state index >= 15 is 0 Å². The van der Waals surface area contributed by atoms with Crippen molar-refractivity contribution in [3.8, 4) is 5.75 Å². The van der Waals surface area contributed by atoms with Crippen LogP contribution in [0.3, 0.4) is 0 Å². The van der Waals surface area contributed by atoms with Crippen molar-refractivity contribution in [1.29, 1.82) is 0 Å². The van der Waals surface area contributed by atoms with E-state index in [1.165, 1.54) is 0 Å². The predicted molar refractivity (Wildman–Crippen MR) is 95.7 cm³/mol. The maximum Gasteiger partial charge on any atom is 0.265 e. The lowest BCUT2D eigenvalue weighted by Crippen LogP contribution is -2.30. The number of benzene rings is 2. The van der Waals surface area contributed by atoms with Crippen molar-refractivity contribution in [3.63, 3.8) is 0 Å². The zero-order chi connectivity index (χ0) is 17.0. The molecule has 0 fully saturated rings. The van der Waals surface area contributed by atoms with E-state index in [2.05, 4.69) is 5.32 Å². The molecule has 1 N–H and O–H groups in total. The molecule has 1 amide bonds. The summed E-state index contributed by atoms with van der Waals surface area (Å²) in [6.07, 6.45) is -0.607. The topological polar surface area (TPSA) is 41.6 Å². The number of rotatable bonds is 5. The summed E-state index contributed by atoms with van der Waals surface area (Å²) in [5, 5.41) is 3.52. The number of ether oxygens (including phenoxy) is 1. The molecular weight excluding hydrogens is 312 g/mol. The second-order valence-corrected chi connectivity index (χ2v) is 6.01. The fourth-order valence-electron chi connectivity index (χ4n) is 2.03. The third-order valence-electron chi connectivity index (χ3n) is 3.46. The lowest BCUT2D eigenvalue weighted by atomic mass is 10.2. The third kappa shape index (κ3) is 4.63. The van der Waals surface area contributed by atoms with E-state index in [1.807, 2.05) is 56.3 Å². The van der Waals surface area contributed by atoms with Crippen molar-refractivity contribution in [2.75, 3.05) is 24.3 Å². The smallest absolute Gasteiger partial charge is 0.265 e. The van der Waals surface area contributed by atoms with Crippen molar-refractivity contribution in [2.24, 2.45) is 0 Å². The van der Waals surface area contributed by atoms with E-state index < -0.39 is 6.10 Å². The molecular formula is C18H21ClN2O2. The first-order valence-electron chi connectivity index (χ1n) is 7.38. The minimum absolute atomic E-state index is 0.199. The molecule has 0 radical (unpaired) electrons. The summed E-state index contributed by atoms with van der Waals surface area (Å²) in [6, 6.07) is 13.0. The zero-order valence-electron chi connectivity index (χ0n) is 13.8. The summed E-state index contributed by atoms with van der Waals surface area (Å²) in [5.74, 6) is 0.424. The Morgan fingerprint density at radius 1 is 1.17 bits per heavy atom. The standard InChI is InChI=1S/C18H21ClN2O2/c1-12-11-16(9-10-17(12)19)23-13(2)18(22)20-14-5-7-15(8-6-14)21(3)4/h5-11,13H,1-4H3,(H,20,22)/t13-/m0/s1. The van der Waals surface area contributed by atoms with Crippen LogP contribution in [0.1, 0.15) is 12.5 Å². The number of halogens is 1. The first-order valence-corrected chi connectivity index (χ1v) is 7.75. The number of carbonyl (C=O) groups excluding carboxylic acids is 1. The van der Waals surface area contributed by atoms with Crippen LogP contribution < -0.4 is 15.0 Å². The van der Waals surface area contributed by atoms with E-state index in [4.69, 9.17) is 16.3 Å². The highest BCUT2D eigenvalue weighted by Crippen LogP contribution is 2.22. The Labute approximate surface area is 142 Å². The van der Waals surface area contributed by atoms with Gasteiger partial charge in [-0.05, 0) is 61.9 Å². The Bertz CT molecular complexity index is 684. The minimum atomic E-state index is -0.607. The van der Waals surface area contributed by atoms with Crippen LogP contribution in [0, 0.1) is 6.92 Å². The van der Waals surface area contributed by atoms with Gasteiger partial charge in [0.15, 0.2) is 6.10 Å². The van der Waals surface area contributed by atoms with Gasteiger partial charge in [0.05, 0.1) is 0 Å². The number of aryl methyl sites for hydroxylation is 1. The van der Waals surface area contributed by atoms with Gasteiger partial charge in [-0.15, -0.1) is 0 Å². The maximum atomic E-state index is 12.2. The molecule has 0 aliphatic carbocycles. The van der Waals surface area contributed by atoms with E-state index in [9.17, 15) is 4.79 Å². The summed E-state index contributed by atoms with van der Waals surface area (Å²) in [7, 11) is 3.94. The van der Waals surface area contributed by atoms with Crippen LogP contribution in [-0.4, -0.2) is 26.1 Å². The normalized spacial score (nSPS) is 11.7. The average molecular weight is 333 g/mol. The highest BCUT2D eigenvalue weighted by Gasteiger charge is 2.15. The summed E-state index contributed by atoms with van der Waals surface area (Å²) >= 11 is 5.98. The minimum Gasteiger partial charge on any atom is -0.481 e. The molecule has 0 aliphatic rings. The van der Waals surface area contributed by atoms with Gasteiger partial charge in [0.1, 0.15) is 5.75 Å². The average Bonchev–Trinajstić information content (AvgIpc) is 2.51. The highest BCUT2D eigenvalue weighted by atomic mass is 35.5. The van der Waals surface area contributed by atoms with Gasteiger partial charge < -0.3 is 15.0 Å². The van der Waals surface area contributed by atoms with E-state index in [1.54, 1.807) is 19.1 Å². The van der Waals surface area contributed by atoms with Crippen molar-refractivity contribution in [1.82, 2.24) is 0 Å². The van der Waals surface area contributed by atoms with E-state index in [0.717, 1.165) is 16.9 Å². The monoisotopic (exact) mass is 332 g/mol. The molecule has 23 heavy (non-hydrogen) atoms. The second-order valence-electron chi connectivity index (χ2n) is 5.60. The Balaban J connectivity index is 1.97. The molecule has 0 unspecified atom stereocenters. The summed E-state index contributed by atoms with van der Waals surface area (Å²) in [6.45, 7) is 3.61. The molecule has 0 saturated carbocycles. The van der Waals surface area contributed by atoms with E-state index in [-0.39, 0.29) is 5.91 Å². The molecule has 5 heteroatoms. The molecule has 0 aromatic heterocycles. The number of hydrogen-bond donors (Lipinski definition) is 1. The summed E-state index contributed by atoms with van der Waals surface area (Å²) in [4.78, 5) is 14.2. The molecule has 4 nitrogen and oxygen atoms in total. The fraction of sp³-hybridized carbons (Fsp3) is 0.278. The first kappa shape index (κ1) is 17.2. The van der Waals surface area contributed by atoms with Gasteiger partial charge in [0, 0.05) is 30.5 Å². The summed E-state index contributed by atoms with van der Waals surface area (Å²) < 4.78 is 5.67. The number of amides is 1. The molecule has 0 heterocycles. The number of anilines is 2. The summed E-state index contributed by atoms with van der Waals surface area (Å²) in [5.41, 5.74) is 2.73. The van der Waals surface area contributed by atoms with Gasteiger partial charge in [0.2, 0.25) is 0 Å². The van der Waals surface area contributed by atoms with Crippen LogP contribution >= 0.6 is 11.6 Å². The van der Waals surface area contributed by atoms with Gasteiger partial charge in [0.25, 0.3) is 5.91 Å². The third-order valence-corrected chi connectivity index (χ3v) is 3.89. The zero-order valence-corrected chi connectivity index (χ0v) is 14.5. The largest absolute Gasteiger partial charge is 0.481 e. The number of nitrogens with zero attached hydrogens (tertiary/aromatic N) is 1. The van der Waals surface area contributed by atoms with Gasteiger partial charge >= 0.3 is 0 Å². The van der Waals surface area contributed by atoms with Crippen LogP contribution in [0.2, 0.25) is 5.02 Å². The predicted octanol–water partition coefficient (Wildman–Crippen LogP) is 4.12. The number of hydrogen-bond acceptors (Lipinski definition) is 3. The second kappa shape index (κ2) is 7.38. The molecule has 2 rings (SSSR count). The van der Waals surface area contributed by atoms with Crippen LogP contribution in [-0.2, 0) is 4.79 Å². The van der Waals surface area contributed by atoms with Crippen LogP contribution in [0.25, 0.3) is 0 Å². The molecule has 122 valence electrons. The molecule has 0 bridgehead atoms. The van der Waals surface area contributed by atoms with Gasteiger partial charge in [-0.25, -0.2) is 0 Å². The molecule has 1 atom stereocenters. The lowest BCUT2D eigenvalue weighted by Gasteiger charge is -2.16. The fourth-order valence-corrected chi connectivity index (χ4v) is 2.15. The Morgan fingerprint density at radius 3 is 2.39 bits per heavy atom. The quantitative estimate of drug-likeness (QED) is 0.895. The molecule has 0 spiro atoms. The maximum absolute atomic E-state index is 12.2. The van der Waals surface area contributed by atoms with Crippen molar-refractivity contribution in [3.05, 3.63) is 53.1 Å². The SMILES string of the molecule is Cc1cc(O[C@@H](C)C(=O)Nc2ccc(N(C)C)cc2)ccc1Cl. The lowest BCUT2D eigenvalue weighted by molar-refractivity contribution is -0.122. The molecule has 0 aliphatic heterocycles. The van der Waals surface area contributed by atoms with Crippen LogP contribution in [0.4, 0.5) is 11.4 Å². The molecule has 2 aromatic carbocycles. The van der Waals surface area contributed by atoms with Crippen LogP contribution in [0.15, 0.2) is 42.5 Å². The van der Waals surface area contributed by atoms with Crippen molar-refractivity contribution < 1.29 is 9.53 Å². The van der Waals surface area contributed by atoms with Crippen molar-refractivity contribution >= 4 is 28.9 Å². The highest BCUT2D eigenvalue weighted by molar-refractivity contribution is 6.31. The van der Waals surface area contributed by atoms with Crippen LogP contribution in [0.5, 0.6) is 5.75 Å². The van der Waals surface area contributed by atoms with Gasteiger partial charge in [-0.1, -0.05) is 11.6 Å². The van der Waals surface area contributed by atoms with Gasteiger partial charge in [-0.3, -0.25) is 4.79 Å². The molecule has 2 aromatic rings. The Hall–Kier alpha value is -2.20. The first-order chi connectivity index (χ1) is 10.9. The number of carbonyl (C=O) groups is 1. The Morgan fingerprint density at radius 2 is 1.83 bits per heavy atom.